The van der Waals surface area contributed by atoms with Crippen molar-refractivity contribution in [3.8, 4) is 0 Å². The van der Waals surface area contributed by atoms with Crippen LogP contribution in [0.4, 0.5) is 5.13 Å². The lowest BCUT2D eigenvalue weighted by Gasteiger charge is -2.33. The predicted octanol–water partition coefficient (Wildman–Crippen LogP) is 1.82. The van der Waals surface area contributed by atoms with Crippen LogP contribution in [0.15, 0.2) is 24.5 Å². The van der Waals surface area contributed by atoms with E-state index in [9.17, 15) is 4.79 Å². The van der Waals surface area contributed by atoms with Crippen LogP contribution in [0, 0.1) is 6.92 Å². The van der Waals surface area contributed by atoms with Gasteiger partial charge in [0, 0.05) is 62.1 Å². The molecule has 0 aliphatic carbocycles. The molecule has 0 unspecified atom stereocenters. The highest BCUT2D eigenvalue weighted by molar-refractivity contribution is 7.15. The Balaban J connectivity index is 1.55. The van der Waals surface area contributed by atoms with E-state index in [1.165, 1.54) is 17.4 Å². The molecule has 1 fully saturated rings. The van der Waals surface area contributed by atoms with E-state index >= 15 is 0 Å². The number of aryl methyl sites for hydroxylation is 1. The lowest BCUT2D eigenvalue weighted by Crippen LogP contribution is -2.51. The molecule has 2 aromatic heterocycles. The number of rotatable bonds is 5. The zero-order chi connectivity index (χ0) is 16.9. The first-order chi connectivity index (χ1) is 11.6. The fourth-order valence-electron chi connectivity index (χ4n) is 3.00. The molecule has 2 N–H and O–H groups in total. The van der Waals surface area contributed by atoms with Gasteiger partial charge in [0.1, 0.15) is 0 Å². The summed E-state index contributed by atoms with van der Waals surface area (Å²) in [5, 5.41) is 7.02. The highest BCUT2D eigenvalue weighted by atomic mass is 32.1. The van der Waals surface area contributed by atoms with Gasteiger partial charge >= 0.3 is 0 Å². The molecule has 6 nitrogen and oxygen atoms in total. The van der Waals surface area contributed by atoms with Gasteiger partial charge in [0.05, 0.1) is 0 Å². The Labute approximate surface area is 146 Å². The number of piperazine rings is 1. The van der Waals surface area contributed by atoms with E-state index in [2.05, 4.69) is 37.6 Å². The number of thiazole rings is 1. The third-order valence-electron chi connectivity index (χ3n) is 4.00. The molecule has 128 valence electrons. The molecule has 0 bridgehead atoms. The van der Waals surface area contributed by atoms with Crippen molar-refractivity contribution in [2.24, 2.45) is 0 Å². The smallest absolute Gasteiger partial charge is 0.223 e. The Morgan fingerprint density at radius 3 is 3.17 bits per heavy atom. The molecule has 24 heavy (non-hydrogen) atoms. The van der Waals surface area contributed by atoms with Crippen LogP contribution in [-0.2, 0) is 17.8 Å². The molecule has 1 aliphatic rings. The van der Waals surface area contributed by atoms with Crippen molar-refractivity contribution in [1.29, 1.82) is 0 Å². The Hall–Kier alpha value is -1.83. The standard InChI is InChI=1S/C17H23N5OS/c1-12-7-14(3-4-18-12)8-15-10-22(6-5-19-15)11-16-9-20-17(24-16)21-13(2)23/h3-4,7,9,15,19H,5-6,8,10-11H2,1-2H3,(H,20,21,23)/t15-/m0/s1. The Morgan fingerprint density at radius 2 is 2.38 bits per heavy atom. The van der Waals surface area contributed by atoms with Gasteiger partial charge in [0.2, 0.25) is 5.91 Å². The number of nitrogens with one attached hydrogen (secondary N) is 2. The predicted molar refractivity (Wildman–Crippen MR) is 96.2 cm³/mol. The molecule has 1 atom stereocenters. The van der Waals surface area contributed by atoms with Gasteiger partial charge in [-0.2, -0.15) is 0 Å². The van der Waals surface area contributed by atoms with Crippen molar-refractivity contribution >= 4 is 22.4 Å². The Bertz CT molecular complexity index is 702. The normalized spacial score (nSPS) is 18.5. The average molecular weight is 345 g/mol. The van der Waals surface area contributed by atoms with Gasteiger partial charge in [-0.1, -0.05) is 0 Å². The van der Waals surface area contributed by atoms with Crippen molar-refractivity contribution in [2.75, 3.05) is 25.0 Å². The Morgan fingerprint density at radius 1 is 1.50 bits per heavy atom. The van der Waals surface area contributed by atoms with E-state index in [1.807, 2.05) is 19.3 Å². The van der Waals surface area contributed by atoms with Crippen LogP contribution in [0.1, 0.15) is 23.1 Å². The molecular formula is C17H23N5OS. The molecule has 2 aromatic rings. The summed E-state index contributed by atoms with van der Waals surface area (Å²) in [6.07, 6.45) is 4.75. The number of anilines is 1. The van der Waals surface area contributed by atoms with E-state index in [1.54, 1.807) is 11.3 Å². The van der Waals surface area contributed by atoms with Gasteiger partial charge in [-0.15, -0.1) is 11.3 Å². The molecule has 0 saturated carbocycles. The van der Waals surface area contributed by atoms with Gasteiger partial charge in [-0.25, -0.2) is 4.98 Å². The number of nitrogens with zero attached hydrogens (tertiary/aromatic N) is 3. The third-order valence-corrected chi connectivity index (χ3v) is 4.90. The number of amides is 1. The second-order valence-corrected chi connectivity index (χ2v) is 7.32. The molecule has 1 saturated heterocycles. The van der Waals surface area contributed by atoms with Gasteiger partial charge in [-0.3, -0.25) is 14.7 Å². The number of carbonyl (C=O) groups excluding carboxylic acids is 1. The van der Waals surface area contributed by atoms with E-state index in [0.717, 1.165) is 38.3 Å². The molecule has 0 spiro atoms. The zero-order valence-corrected chi connectivity index (χ0v) is 14.9. The maximum Gasteiger partial charge on any atom is 0.223 e. The van der Waals surface area contributed by atoms with Gasteiger partial charge in [0.25, 0.3) is 0 Å². The second-order valence-electron chi connectivity index (χ2n) is 6.21. The zero-order valence-electron chi connectivity index (χ0n) is 14.1. The number of aromatic nitrogens is 2. The topological polar surface area (TPSA) is 70.2 Å². The Kier molecular flexibility index (Phi) is 5.55. The molecule has 3 rings (SSSR count). The van der Waals surface area contributed by atoms with Crippen molar-refractivity contribution in [1.82, 2.24) is 20.2 Å². The summed E-state index contributed by atoms with van der Waals surface area (Å²) in [5.41, 5.74) is 2.39. The van der Waals surface area contributed by atoms with Crippen LogP contribution in [0.3, 0.4) is 0 Å². The summed E-state index contributed by atoms with van der Waals surface area (Å²) in [6.45, 7) is 7.44. The van der Waals surface area contributed by atoms with Crippen molar-refractivity contribution in [2.45, 2.75) is 32.9 Å². The minimum absolute atomic E-state index is 0.0780. The lowest BCUT2D eigenvalue weighted by atomic mass is 10.0. The molecule has 1 amide bonds. The van der Waals surface area contributed by atoms with Crippen LogP contribution < -0.4 is 10.6 Å². The van der Waals surface area contributed by atoms with Gasteiger partial charge in [0.15, 0.2) is 5.13 Å². The molecule has 0 radical (unpaired) electrons. The number of hydrogen-bond donors (Lipinski definition) is 2. The number of pyridine rings is 1. The van der Waals surface area contributed by atoms with Crippen LogP contribution in [0.5, 0.6) is 0 Å². The summed E-state index contributed by atoms with van der Waals surface area (Å²) >= 11 is 1.55. The van der Waals surface area contributed by atoms with Gasteiger partial charge in [-0.05, 0) is 31.0 Å². The van der Waals surface area contributed by atoms with Crippen molar-refractivity contribution in [3.05, 3.63) is 40.7 Å². The fourth-order valence-corrected chi connectivity index (χ4v) is 3.90. The maximum absolute atomic E-state index is 11.1. The van der Waals surface area contributed by atoms with Gasteiger partial charge < -0.3 is 10.6 Å². The summed E-state index contributed by atoms with van der Waals surface area (Å²) in [6, 6.07) is 4.70. The first kappa shape index (κ1) is 17.0. The van der Waals surface area contributed by atoms with Crippen molar-refractivity contribution in [3.63, 3.8) is 0 Å². The molecular weight excluding hydrogens is 322 g/mol. The average Bonchev–Trinajstić information content (AvgIpc) is 2.94. The largest absolute Gasteiger partial charge is 0.311 e. The van der Waals surface area contributed by atoms with Crippen LogP contribution in [-0.4, -0.2) is 46.5 Å². The SMILES string of the molecule is CC(=O)Nc1ncc(CN2CCN[C@@H](Cc3ccnc(C)c3)C2)s1. The summed E-state index contributed by atoms with van der Waals surface area (Å²) in [7, 11) is 0. The molecule has 3 heterocycles. The fraction of sp³-hybridized carbons (Fsp3) is 0.471. The summed E-state index contributed by atoms with van der Waals surface area (Å²) in [5.74, 6) is -0.0780. The summed E-state index contributed by atoms with van der Waals surface area (Å²) in [4.78, 5) is 23.2. The van der Waals surface area contributed by atoms with E-state index in [4.69, 9.17) is 0 Å². The molecule has 0 aromatic carbocycles. The van der Waals surface area contributed by atoms with E-state index in [-0.39, 0.29) is 5.91 Å². The van der Waals surface area contributed by atoms with Crippen LogP contribution in [0.25, 0.3) is 0 Å². The first-order valence-corrected chi connectivity index (χ1v) is 9.00. The highest BCUT2D eigenvalue weighted by Crippen LogP contribution is 2.20. The van der Waals surface area contributed by atoms with E-state index in [0.29, 0.717) is 11.2 Å². The minimum atomic E-state index is -0.0780. The first-order valence-electron chi connectivity index (χ1n) is 8.18. The minimum Gasteiger partial charge on any atom is -0.311 e. The monoisotopic (exact) mass is 345 g/mol. The summed E-state index contributed by atoms with van der Waals surface area (Å²) < 4.78 is 0. The third kappa shape index (κ3) is 4.83. The second kappa shape index (κ2) is 7.83. The maximum atomic E-state index is 11.1. The molecule has 7 heteroatoms. The number of carbonyl (C=O) groups is 1. The highest BCUT2D eigenvalue weighted by Gasteiger charge is 2.20. The van der Waals surface area contributed by atoms with Crippen LogP contribution in [0.2, 0.25) is 0 Å². The number of hydrogen-bond acceptors (Lipinski definition) is 6. The van der Waals surface area contributed by atoms with E-state index < -0.39 is 0 Å². The van der Waals surface area contributed by atoms with Crippen molar-refractivity contribution < 1.29 is 4.79 Å². The lowest BCUT2D eigenvalue weighted by molar-refractivity contribution is -0.114. The quantitative estimate of drug-likeness (QED) is 0.865. The molecule has 1 aliphatic heterocycles. The van der Waals surface area contributed by atoms with Crippen LogP contribution >= 0.6 is 11.3 Å².